The Labute approximate surface area is 209 Å². The fourth-order valence-electron chi connectivity index (χ4n) is 4.90. The molecule has 1 aromatic heterocycles. The molecular formula is C28H30F3N3O2. The van der Waals surface area contributed by atoms with Gasteiger partial charge in [-0.15, -0.1) is 0 Å². The van der Waals surface area contributed by atoms with Gasteiger partial charge in [0.2, 0.25) is 5.91 Å². The molecule has 1 atom stereocenters. The van der Waals surface area contributed by atoms with E-state index in [1.807, 2.05) is 11.0 Å². The fraction of sp³-hybridized carbons (Fsp3) is 0.357. The lowest BCUT2D eigenvalue weighted by atomic mass is 9.83. The summed E-state index contributed by atoms with van der Waals surface area (Å²) in [4.78, 5) is 21.8. The van der Waals surface area contributed by atoms with Crippen LogP contribution >= 0.6 is 0 Å². The van der Waals surface area contributed by atoms with E-state index >= 15 is 0 Å². The number of aromatic nitrogens is 1. The van der Waals surface area contributed by atoms with E-state index in [2.05, 4.69) is 4.98 Å². The molecule has 0 radical (unpaired) electrons. The molecule has 1 fully saturated rings. The van der Waals surface area contributed by atoms with Crippen molar-refractivity contribution in [2.75, 3.05) is 30.0 Å². The van der Waals surface area contributed by atoms with Gasteiger partial charge in [0.1, 0.15) is 23.3 Å². The minimum absolute atomic E-state index is 0.00507. The molecule has 3 aromatic rings. The van der Waals surface area contributed by atoms with Crippen molar-refractivity contribution < 1.29 is 23.1 Å². The van der Waals surface area contributed by atoms with Crippen LogP contribution in [0.2, 0.25) is 0 Å². The normalized spacial score (nSPS) is 15.9. The maximum atomic E-state index is 13.9. The van der Waals surface area contributed by atoms with Crippen LogP contribution in [-0.2, 0) is 10.2 Å². The van der Waals surface area contributed by atoms with E-state index < -0.39 is 23.0 Å². The number of hydrogen-bond acceptors (Lipinski definition) is 4. The Bertz CT molecular complexity index is 1270. The molecule has 8 heteroatoms. The van der Waals surface area contributed by atoms with E-state index in [9.17, 15) is 23.1 Å². The van der Waals surface area contributed by atoms with E-state index in [1.165, 1.54) is 17.0 Å². The first-order valence-corrected chi connectivity index (χ1v) is 11.9. The van der Waals surface area contributed by atoms with Crippen molar-refractivity contribution in [2.24, 2.45) is 0 Å². The number of halogens is 3. The Morgan fingerprint density at radius 3 is 2.42 bits per heavy atom. The molecule has 1 N–H and O–H groups in total. The smallest absolute Gasteiger partial charge is 0.236 e. The fourth-order valence-corrected chi connectivity index (χ4v) is 4.90. The van der Waals surface area contributed by atoms with Crippen LogP contribution in [-0.4, -0.2) is 42.2 Å². The Hall–Kier alpha value is -3.39. The molecule has 190 valence electrons. The Kier molecular flexibility index (Phi) is 7.09. The average molecular weight is 498 g/mol. The van der Waals surface area contributed by atoms with Crippen molar-refractivity contribution in [1.29, 1.82) is 0 Å². The molecule has 1 saturated heterocycles. The van der Waals surface area contributed by atoms with E-state index in [0.717, 1.165) is 43.1 Å². The third-order valence-electron chi connectivity index (χ3n) is 7.01. The summed E-state index contributed by atoms with van der Waals surface area (Å²) in [6, 6.07) is 9.32. The first kappa shape index (κ1) is 25.7. The van der Waals surface area contributed by atoms with Crippen molar-refractivity contribution in [3.8, 4) is 11.1 Å². The van der Waals surface area contributed by atoms with Crippen LogP contribution < -0.4 is 9.80 Å². The quantitative estimate of drug-likeness (QED) is 0.497. The minimum atomic E-state index is -1.25. The summed E-state index contributed by atoms with van der Waals surface area (Å²) in [6.07, 6.45) is 3.36. The van der Waals surface area contributed by atoms with Crippen LogP contribution in [0.25, 0.3) is 11.1 Å². The van der Waals surface area contributed by atoms with Crippen molar-refractivity contribution in [2.45, 2.75) is 45.1 Å². The lowest BCUT2D eigenvalue weighted by molar-refractivity contribution is -0.122. The zero-order valence-electron chi connectivity index (χ0n) is 20.9. The number of nitrogens with zero attached hydrogens (tertiary/aromatic N) is 3. The highest BCUT2D eigenvalue weighted by Crippen LogP contribution is 2.38. The third kappa shape index (κ3) is 4.82. The van der Waals surface area contributed by atoms with Crippen LogP contribution in [0, 0.1) is 24.4 Å². The number of benzene rings is 2. The second kappa shape index (κ2) is 9.93. The first-order chi connectivity index (χ1) is 17.0. The SMILES string of the molecule is Cc1cc(F)ccc1-c1cc(N2CCC[C@H]2CO)ncc1N(C)C(=O)C(C)(C)c1cc(F)cc(F)c1. The monoisotopic (exact) mass is 497 g/mol. The summed E-state index contributed by atoms with van der Waals surface area (Å²) in [7, 11) is 1.59. The van der Waals surface area contributed by atoms with Gasteiger partial charge in [-0.25, -0.2) is 18.2 Å². The van der Waals surface area contributed by atoms with Crippen LogP contribution in [0.4, 0.5) is 24.7 Å². The molecular weight excluding hydrogens is 467 g/mol. The highest BCUT2D eigenvalue weighted by Gasteiger charge is 2.35. The average Bonchev–Trinajstić information content (AvgIpc) is 3.31. The minimum Gasteiger partial charge on any atom is -0.394 e. The van der Waals surface area contributed by atoms with Crippen LogP contribution in [0.3, 0.4) is 0 Å². The van der Waals surface area contributed by atoms with Crippen molar-refractivity contribution in [3.63, 3.8) is 0 Å². The van der Waals surface area contributed by atoms with Crippen LogP contribution in [0.5, 0.6) is 0 Å². The van der Waals surface area contributed by atoms with Gasteiger partial charge >= 0.3 is 0 Å². The summed E-state index contributed by atoms with van der Waals surface area (Å²) in [6.45, 7) is 5.76. The molecule has 0 spiro atoms. The summed E-state index contributed by atoms with van der Waals surface area (Å²) < 4.78 is 41.8. The van der Waals surface area contributed by atoms with Gasteiger partial charge < -0.3 is 14.9 Å². The molecule has 0 saturated carbocycles. The lowest BCUT2D eigenvalue weighted by Gasteiger charge is -2.32. The molecule has 0 bridgehead atoms. The number of hydrogen-bond donors (Lipinski definition) is 1. The third-order valence-corrected chi connectivity index (χ3v) is 7.01. The van der Waals surface area contributed by atoms with E-state index in [1.54, 1.807) is 40.1 Å². The molecule has 2 aromatic carbocycles. The number of carbonyl (C=O) groups is 1. The number of likely N-dealkylation sites (N-methyl/N-ethyl adjacent to an activating group) is 1. The molecule has 1 aliphatic heterocycles. The second-order valence-electron chi connectivity index (χ2n) is 9.84. The standard InChI is InChI=1S/C28H30F3N3O2/c1-17-10-19(29)7-8-23(17)24-14-26(34-9-5-6-22(34)16-35)32-15-25(24)33(4)27(36)28(2,3)18-11-20(30)13-21(31)12-18/h7-8,10-15,22,35H,5-6,9,16H2,1-4H3/t22-/m0/s1. The van der Waals surface area contributed by atoms with Gasteiger partial charge in [0.15, 0.2) is 0 Å². The van der Waals surface area contributed by atoms with Crippen LogP contribution in [0.15, 0.2) is 48.7 Å². The highest BCUT2D eigenvalue weighted by atomic mass is 19.1. The molecule has 0 aliphatic carbocycles. The number of aryl methyl sites for hydroxylation is 1. The van der Waals surface area contributed by atoms with E-state index in [-0.39, 0.29) is 24.0 Å². The highest BCUT2D eigenvalue weighted by molar-refractivity contribution is 6.03. The maximum absolute atomic E-state index is 13.9. The van der Waals surface area contributed by atoms with Crippen molar-refractivity contribution >= 4 is 17.4 Å². The number of rotatable bonds is 6. The van der Waals surface area contributed by atoms with Crippen molar-refractivity contribution in [3.05, 3.63) is 77.2 Å². The van der Waals surface area contributed by atoms with Gasteiger partial charge in [0, 0.05) is 25.2 Å². The molecule has 4 rings (SSSR count). The number of aliphatic hydroxyl groups is 1. The summed E-state index contributed by atoms with van der Waals surface area (Å²) in [5.74, 6) is -1.62. The van der Waals surface area contributed by atoms with Crippen molar-refractivity contribution in [1.82, 2.24) is 4.98 Å². The zero-order chi connectivity index (χ0) is 26.2. The summed E-state index contributed by atoms with van der Waals surface area (Å²) in [5, 5.41) is 9.79. The lowest BCUT2D eigenvalue weighted by Crippen LogP contribution is -2.42. The van der Waals surface area contributed by atoms with Gasteiger partial charge in [0.05, 0.1) is 29.9 Å². The number of amides is 1. The molecule has 1 amide bonds. The van der Waals surface area contributed by atoms with Gasteiger partial charge in [-0.3, -0.25) is 4.79 Å². The van der Waals surface area contributed by atoms with E-state index in [0.29, 0.717) is 22.6 Å². The Morgan fingerprint density at radius 1 is 1.08 bits per heavy atom. The predicted octanol–water partition coefficient (Wildman–Crippen LogP) is 5.38. The van der Waals surface area contributed by atoms with Gasteiger partial charge in [-0.1, -0.05) is 6.07 Å². The van der Waals surface area contributed by atoms with E-state index in [4.69, 9.17) is 0 Å². The molecule has 1 aliphatic rings. The maximum Gasteiger partial charge on any atom is 0.236 e. The Morgan fingerprint density at radius 2 is 1.78 bits per heavy atom. The molecule has 36 heavy (non-hydrogen) atoms. The predicted molar refractivity (Wildman–Crippen MR) is 135 cm³/mol. The van der Waals surface area contributed by atoms with Gasteiger partial charge in [0.25, 0.3) is 0 Å². The van der Waals surface area contributed by atoms with Gasteiger partial charge in [-0.2, -0.15) is 0 Å². The Balaban J connectivity index is 1.81. The second-order valence-corrected chi connectivity index (χ2v) is 9.84. The summed E-state index contributed by atoms with van der Waals surface area (Å²) in [5.41, 5.74) is 1.51. The number of aliphatic hydroxyl groups excluding tert-OH is 1. The largest absolute Gasteiger partial charge is 0.394 e. The zero-order valence-corrected chi connectivity index (χ0v) is 20.9. The first-order valence-electron chi connectivity index (χ1n) is 11.9. The van der Waals surface area contributed by atoms with Crippen LogP contribution in [0.1, 0.15) is 37.8 Å². The summed E-state index contributed by atoms with van der Waals surface area (Å²) >= 11 is 0. The number of pyridine rings is 1. The molecule has 5 nitrogen and oxygen atoms in total. The van der Waals surface area contributed by atoms with Gasteiger partial charge in [-0.05, 0) is 80.6 Å². The molecule has 2 heterocycles. The number of carbonyl (C=O) groups excluding carboxylic acids is 1. The molecule has 0 unspecified atom stereocenters. The number of anilines is 2. The topological polar surface area (TPSA) is 56.7 Å².